The largest absolute Gasteiger partial charge is 0.443 e. The average Bonchev–Trinajstić information content (AvgIpc) is 2.61. The van der Waals surface area contributed by atoms with E-state index in [2.05, 4.69) is 5.92 Å². The minimum atomic E-state index is -0.658. The molecule has 1 aromatic carbocycles. The minimum absolute atomic E-state index is 0.273. The minimum Gasteiger partial charge on any atom is -0.443 e. The van der Waals surface area contributed by atoms with E-state index < -0.39 is 17.6 Å². The topological polar surface area (TPSA) is 46.6 Å². The van der Waals surface area contributed by atoms with Crippen molar-refractivity contribution in [3.63, 3.8) is 0 Å². The van der Waals surface area contributed by atoms with E-state index in [1.807, 2.05) is 12.1 Å². The molecule has 1 aliphatic rings. The van der Waals surface area contributed by atoms with Crippen LogP contribution in [0.2, 0.25) is 0 Å². The zero-order valence-corrected chi connectivity index (χ0v) is 11.8. The number of terminal acetylenes is 1. The first kappa shape index (κ1) is 14.1. The summed E-state index contributed by atoms with van der Waals surface area (Å²) in [4.78, 5) is 25.7. The maximum atomic E-state index is 12.4. The molecule has 0 aromatic heterocycles. The number of rotatable bonds is 1. The number of carbonyl (C=O) groups is 2. The summed E-state index contributed by atoms with van der Waals surface area (Å²) < 4.78 is 5.29. The highest BCUT2D eigenvalue weighted by Gasteiger charge is 2.41. The maximum Gasteiger partial charge on any atom is 0.421 e. The lowest BCUT2D eigenvalue weighted by Crippen LogP contribution is -2.39. The zero-order chi connectivity index (χ0) is 14.9. The first-order chi connectivity index (χ1) is 9.35. The van der Waals surface area contributed by atoms with Crippen LogP contribution >= 0.6 is 0 Å². The Balaban J connectivity index is 2.38. The first-order valence-corrected chi connectivity index (χ1v) is 6.44. The SMILES string of the molecule is C#CCC1C(=O)N(C(=O)OC(C)(C)C)c2ccccc21. The highest BCUT2D eigenvalue weighted by atomic mass is 16.6. The van der Waals surface area contributed by atoms with E-state index in [-0.39, 0.29) is 12.3 Å². The molecule has 4 heteroatoms. The Morgan fingerprint density at radius 2 is 2.05 bits per heavy atom. The van der Waals surface area contributed by atoms with Crippen LogP contribution in [0.4, 0.5) is 10.5 Å². The number of hydrogen-bond acceptors (Lipinski definition) is 3. The van der Waals surface area contributed by atoms with Crippen LogP contribution in [0.1, 0.15) is 38.7 Å². The quantitative estimate of drug-likeness (QED) is 0.737. The average molecular weight is 271 g/mol. The number of ether oxygens (including phenoxy) is 1. The molecule has 0 aliphatic carbocycles. The highest BCUT2D eigenvalue weighted by Crippen LogP contribution is 2.39. The molecule has 0 saturated heterocycles. The van der Waals surface area contributed by atoms with Gasteiger partial charge in [0.1, 0.15) is 5.60 Å². The molecule has 1 atom stereocenters. The van der Waals surface area contributed by atoms with E-state index in [0.717, 1.165) is 10.5 Å². The van der Waals surface area contributed by atoms with Gasteiger partial charge >= 0.3 is 6.09 Å². The van der Waals surface area contributed by atoms with E-state index in [4.69, 9.17) is 11.2 Å². The highest BCUT2D eigenvalue weighted by molar-refractivity contribution is 6.19. The number of anilines is 1. The third-order valence-corrected chi connectivity index (χ3v) is 2.97. The summed E-state index contributed by atoms with van der Waals surface area (Å²) in [6.45, 7) is 5.28. The number of amides is 2. The van der Waals surface area contributed by atoms with E-state index >= 15 is 0 Å². The van der Waals surface area contributed by atoms with Crippen molar-refractivity contribution in [2.75, 3.05) is 4.90 Å². The molecule has 0 radical (unpaired) electrons. The summed E-state index contributed by atoms with van der Waals surface area (Å²) in [5.74, 6) is 1.70. The number of fused-ring (bicyclic) bond motifs is 1. The fourth-order valence-corrected chi connectivity index (χ4v) is 2.20. The Labute approximate surface area is 118 Å². The Hall–Kier alpha value is -2.28. The van der Waals surface area contributed by atoms with E-state index in [0.29, 0.717) is 5.69 Å². The van der Waals surface area contributed by atoms with Gasteiger partial charge in [-0.2, -0.15) is 0 Å². The lowest BCUT2D eigenvalue weighted by atomic mass is 9.98. The fourth-order valence-electron chi connectivity index (χ4n) is 2.20. The number of benzene rings is 1. The molecule has 1 heterocycles. The lowest BCUT2D eigenvalue weighted by molar-refractivity contribution is -0.119. The third kappa shape index (κ3) is 2.53. The van der Waals surface area contributed by atoms with Gasteiger partial charge in [0.25, 0.3) is 0 Å². The van der Waals surface area contributed by atoms with Gasteiger partial charge in [0, 0.05) is 6.42 Å². The van der Waals surface area contributed by atoms with Crippen molar-refractivity contribution in [2.45, 2.75) is 38.7 Å². The zero-order valence-electron chi connectivity index (χ0n) is 11.8. The Bertz CT molecular complexity index is 592. The lowest BCUT2D eigenvalue weighted by Gasteiger charge is -2.23. The molecule has 1 unspecified atom stereocenters. The first-order valence-electron chi connectivity index (χ1n) is 6.44. The van der Waals surface area contributed by atoms with Crippen molar-refractivity contribution in [3.05, 3.63) is 29.8 Å². The summed E-state index contributed by atoms with van der Waals surface area (Å²) in [6, 6.07) is 7.16. The standard InChI is InChI=1S/C16H17NO3/c1-5-8-12-11-9-6-7-10-13(11)17(14(12)18)15(19)20-16(2,3)4/h1,6-7,9-10,12H,8H2,2-4H3. The Morgan fingerprint density at radius 1 is 1.40 bits per heavy atom. The Morgan fingerprint density at radius 3 is 2.65 bits per heavy atom. The van der Waals surface area contributed by atoms with E-state index in [1.165, 1.54) is 0 Å². The molecule has 2 amide bonds. The second kappa shape index (κ2) is 5.01. The summed E-state index contributed by atoms with van der Waals surface area (Å²) >= 11 is 0. The molecule has 0 fully saturated rings. The predicted molar refractivity (Wildman–Crippen MR) is 76.4 cm³/mol. The van der Waals surface area contributed by atoms with Gasteiger partial charge in [-0.15, -0.1) is 12.3 Å². The van der Waals surface area contributed by atoms with Crippen molar-refractivity contribution in [1.29, 1.82) is 0 Å². The van der Waals surface area contributed by atoms with Crippen LogP contribution in [0.5, 0.6) is 0 Å². The maximum absolute atomic E-state index is 12.4. The van der Waals surface area contributed by atoms with E-state index in [9.17, 15) is 9.59 Å². The van der Waals surface area contributed by atoms with Gasteiger partial charge < -0.3 is 4.74 Å². The van der Waals surface area contributed by atoms with Crippen molar-refractivity contribution in [2.24, 2.45) is 0 Å². The summed E-state index contributed by atoms with van der Waals surface area (Å²) in [6.07, 6.45) is 4.93. The Kier molecular flexibility index (Phi) is 3.54. The molecule has 0 bridgehead atoms. The predicted octanol–water partition coefficient (Wildman–Crippen LogP) is 3.08. The molecule has 1 aliphatic heterocycles. The molecule has 4 nitrogen and oxygen atoms in total. The second-order valence-electron chi connectivity index (χ2n) is 5.67. The van der Waals surface area contributed by atoms with Crippen LogP contribution in [0.25, 0.3) is 0 Å². The van der Waals surface area contributed by atoms with Crippen LogP contribution in [-0.2, 0) is 9.53 Å². The molecular weight excluding hydrogens is 254 g/mol. The van der Waals surface area contributed by atoms with Crippen LogP contribution in [0.3, 0.4) is 0 Å². The molecule has 20 heavy (non-hydrogen) atoms. The molecule has 2 rings (SSSR count). The van der Waals surface area contributed by atoms with Crippen LogP contribution in [0, 0.1) is 12.3 Å². The van der Waals surface area contributed by atoms with Gasteiger partial charge in [0.15, 0.2) is 0 Å². The molecule has 0 N–H and O–H groups in total. The van der Waals surface area contributed by atoms with Crippen molar-refractivity contribution < 1.29 is 14.3 Å². The van der Waals surface area contributed by atoms with Crippen molar-refractivity contribution in [1.82, 2.24) is 0 Å². The third-order valence-electron chi connectivity index (χ3n) is 2.97. The number of imide groups is 1. The normalized spacial score (nSPS) is 17.6. The fraction of sp³-hybridized carbons (Fsp3) is 0.375. The van der Waals surface area contributed by atoms with Gasteiger partial charge in [-0.25, -0.2) is 9.69 Å². The van der Waals surface area contributed by atoms with Gasteiger partial charge in [-0.3, -0.25) is 4.79 Å². The van der Waals surface area contributed by atoms with Crippen LogP contribution in [-0.4, -0.2) is 17.6 Å². The number of nitrogens with zero attached hydrogens (tertiary/aromatic N) is 1. The summed E-state index contributed by atoms with van der Waals surface area (Å²) in [5, 5.41) is 0. The molecule has 1 aromatic rings. The second-order valence-corrected chi connectivity index (χ2v) is 5.67. The summed E-state index contributed by atoms with van der Waals surface area (Å²) in [5.41, 5.74) is 0.685. The van der Waals surface area contributed by atoms with Gasteiger partial charge in [0.2, 0.25) is 5.91 Å². The molecule has 0 spiro atoms. The number of hydrogen-bond donors (Lipinski definition) is 0. The van der Waals surface area contributed by atoms with Gasteiger partial charge in [0.05, 0.1) is 11.6 Å². The smallest absolute Gasteiger partial charge is 0.421 e. The number of carbonyl (C=O) groups excluding carboxylic acids is 2. The van der Waals surface area contributed by atoms with Gasteiger partial charge in [-0.05, 0) is 32.4 Å². The van der Waals surface area contributed by atoms with Crippen molar-refractivity contribution in [3.8, 4) is 12.3 Å². The van der Waals surface area contributed by atoms with Gasteiger partial charge in [-0.1, -0.05) is 18.2 Å². The number of para-hydroxylation sites is 1. The van der Waals surface area contributed by atoms with Crippen molar-refractivity contribution >= 4 is 17.7 Å². The van der Waals surface area contributed by atoms with E-state index in [1.54, 1.807) is 32.9 Å². The molecule has 0 saturated carbocycles. The van der Waals surface area contributed by atoms with Crippen LogP contribution in [0.15, 0.2) is 24.3 Å². The van der Waals surface area contributed by atoms with Crippen LogP contribution < -0.4 is 4.90 Å². The molecule has 104 valence electrons. The monoisotopic (exact) mass is 271 g/mol. The summed E-state index contributed by atoms with van der Waals surface area (Å²) in [7, 11) is 0. The molecular formula is C16H17NO3.